The summed E-state index contributed by atoms with van der Waals surface area (Å²) in [5.41, 5.74) is 0.551. The third-order valence-corrected chi connectivity index (χ3v) is 5.08. The van der Waals surface area contributed by atoms with E-state index in [1.165, 1.54) is 6.07 Å². The maximum absolute atomic E-state index is 14.2. The second-order valence-electron chi connectivity index (χ2n) is 7.85. The zero-order valence-corrected chi connectivity index (χ0v) is 18.2. The van der Waals surface area contributed by atoms with Gasteiger partial charge in [-0.25, -0.2) is 9.37 Å². The molecule has 0 unspecified atom stereocenters. The lowest BCUT2D eigenvalue weighted by Gasteiger charge is -2.49. The molecule has 3 N–H and O–H groups in total. The van der Waals surface area contributed by atoms with Crippen LogP contribution in [0, 0.1) is 11.2 Å². The predicted octanol–water partition coefficient (Wildman–Crippen LogP) is 1.40. The van der Waals surface area contributed by atoms with E-state index in [0.29, 0.717) is 18.5 Å². The number of likely N-dealkylation sites (tertiary alicyclic amines) is 1. The van der Waals surface area contributed by atoms with E-state index >= 15 is 0 Å². The average Bonchev–Trinajstić information content (AvgIpc) is 3.24. The van der Waals surface area contributed by atoms with Gasteiger partial charge in [-0.15, -0.1) is 0 Å². The van der Waals surface area contributed by atoms with Crippen molar-refractivity contribution in [2.75, 3.05) is 26.2 Å². The van der Waals surface area contributed by atoms with E-state index in [0.717, 1.165) is 5.69 Å². The Morgan fingerprint density at radius 1 is 1.38 bits per heavy atom. The Balaban J connectivity index is 0.00000114. The normalized spacial score (nSPS) is 14.2. The number of carbonyl (C=O) groups excluding carboxylic acids is 2. The van der Waals surface area contributed by atoms with Gasteiger partial charge in [0.2, 0.25) is 11.8 Å². The number of halogens is 1. The summed E-state index contributed by atoms with van der Waals surface area (Å²) in [6, 6.07) is 6.44. The van der Waals surface area contributed by atoms with Gasteiger partial charge in [-0.2, -0.15) is 0 Å². The van der Waals surface area contributed by atoms with Gasteiger partial charge in [0.05, 0.1) is 17.8 Å². The third kappa shape index (κ3) is 6.88. The maximum atomic E-state index is 14.2. The number of H-pyrrole nitrogens is 1. The van der Waals surface area contributed by atoms with Crippen LogP contribution in [0.2, 0.25) is 0 Å². The number of imidazole rings is 1. The summed E-state index contributed by atoms with van der Waals surface area (Å²) in [5, 5.41) is 9.82. The molecule has 1 aromatic carbocycles. The molecular weight excluding hydrogens is 419 g/mol. The molecule has 2 aromatic rings. The van der Waals surface area contributed by atoms with E-state index in [9.17, 15) is 14.0 Å². The summed E-state index contributed by atoms with van der Waals surface area (Å²) in [7, 11) is 0. The van der Waals surface area contributed by atoms with Crippen molar-refractivity contribution in [3.05, 3.63) is 53.9 Å². The Bertz CT molecular complexity index is 882. The SMILES string of the molecule is CC(C)OCC(=O)N1CC(Cc2ccccc2F)(C(=O)NCCc2cnc[nH]2)C1.O=CO. The summed E-state index contributed by atoms with van der Waals surface area (Å²) in [6.07, 6.45) is 4.11. The van der Waals surface area contributed by atoms with Crippen LogP contribution in [0.1, 0.15) is 25.1 Å². The second-order valence-corrected chi connectivity index (χ2v) is 7.85. The molecule has 1 aliphatic heterocycles. The van der Waals surface area contributed by atoms with Crippen molar-refractivity contribution in [2.45, 2.75) is 32.8 Å². The minimum atomic E-state index is -0.844. The fourth-order valence-corrected chi connectivity index (χ4v) is 3.45. The van der Waals surface area contributed by atoms with E-state index in [4.69, 9.17) is 14.6 Å². The standard InChI is InChI=1S/C21H27FN4O3.CH2O2/c1-15(2)29-11-19(27)26-12-21(13-26,9-16-5-3-4-6-18(16)22)20(28)24-8-7-17-10-23-14-25-17;2-1-3/h3-6,10,14-15H,7-9,11-13H2,1-2H3,(H,23,25)(H,24,28);1H,(H,2,3). The van der Waals surface area contributed by atoms with Crippen LogP contribution in [-0.2, 0) is 32.0 Å². The van der Waals surface area contributed by atoms with Crippen molar-refractivity contribution in [1.82, 2.24) is 20.2 Å². The van der Waals surface area contributed by atoms with E-state index in [1.54, 1.807) is 35.6 Å². The second kappa shape index (κ2) is 11.9. The number of rotatable bonds is 9. The molecule has 1 fully saturated rings. The van der Waals surface area contributed by atoms with Gasteiger partial charge >= 0.3 is 0 Å². The lowest BCUT2D eigenvalue weighted by atomic mass is 9.73. The van der Waals surface area contributed by atoms with Crippen molar-refractivity contribution in [1.29, 1.82) is 0 Å². The molecule has 0 saturated carbocycles. The van der Waals surface area contributed by atoms with Crippen molar-refractivity contribution >= 4 is 18.3 Å². The van der Waals surface area contributed by atoms with Crippen LogP contribution < -0.4 is 5.32 Å². The first kappa shape index (κ1) is 25.0. The first-order valence-electron chi connectivity index (χ1n) is 10.3. The summed E-state index contributed by atoms with van der Waals surface area (Å²) in [6.45, 7) is 4.38. The molecule has 9 nitrogen and oxygen atoms in total. The topological polar surface area (TPSA) is 125 Å². The molecule has 0 aliphatic carbocycles. The Labute approximate surface area is 186 Å². The van der Waals surface area contributed by atoms with Crippen molar-refractivity contribution in [3.8, 4) is 0 Å². The zero-order valence-electron chi connectivity index (χ0n) is 18.2. The Morgan fingerprint density at radius 2 is 2.06 bits per heavy atom. The molecule has 1 aromatic heterocycles. The first-order chi connectivity index (χ1) is 15.3. The van der Waals surface area contributed by atoms with E-state index < -0.39 is 5.41 Å². The van der Waals surface area contributed by atoms with Gasteiger partial charge in [0.1, 0.15) is 12.4 Å². The fourth-order valence-electron chi connectivity index (χ4n) is 3.45. The number of ether oxygens (including phenoxy) is 1. The summed E-state index contributed by atoms with van der Waals surface area (Å²) in [5.74, 6) is -0.674. The van der Waals surface area contributed by atoms with E-state index in [2.05, 4.69) is 15.3 Å². The lowest BCUT2D eigenvalue weighted by Crippen LogP contribution is -2.66. The lowest BCUT2D eigenvalue weighted by molar-refractivity contribution is -0.157. The Morgan fingerprint density at radius 3 is 2.66 bits per heavy atom. The molecule has 174 valence electrons. The highest BCUT2D eigenvalue weighted by Gasteiger charge is 2.51. The molecule has 2 amide bonds. The van der Waals surface area contributed by atoms with E-state index in [1.807, 2.05) is 13.8 Å². The average molecular weight is 448 g/mol. The van der Waals surface area contributed by atoms with Crippen LogP contribution in [0.25, 0.3) is 0 Å². The number of hydrogen-bond donors (Lipinski definition) is 3. The molecule has 1 aliphatic rings. The van der Waals surface area contributed by atoms with Crippen LogP contribution in [0.5, 0.6) is 0 Å². The number of carboxylic acid groups (broad SMARTS) is 1. The molecule has 0 atom stereocenters. The molecule has 1 saturated heterocycles. The highest BCUT2D eigenvalue weighted by atomic mass is 19.1. The fraction of sp³-hybridized carbons (Fsp3) is 0.455. The molecule has 0 bridgehead atoms. The number of aromatic amines is 1. The molecule has 2 heterocycles. The van der Waals surface area contributed by atoms with Crippen LogP contribution in [-0.4, -0.2) is 70.6 Å². The number of nitrogens with one attached hydrogen (secondary N) is 2. The Kier molecular flexibility index (Phi) is 9.33. The summed E-state index contributed by atoms with van der Waals surface area (Å²) < 4.78 is 19.6. The molecule has 3 rings (SSSR count). The van der Waals surface area contributed by atoms with Crippen molar-refractivity contribution in [3.63, 3.8) is 0 Å². The van der Waals surface area contributed by atoms with Crippen LogP contribution >= 0.6 is 0 Å². The minimum absolute atomic E-state index is 0.0190. The van der Waals surface area contributed by atoms with Gasteiger partial charge < -0.3 is 25.0 Å². The van der Waals surface area contributed by atoms with Crippen molar-refractivity contribution < 1.29 is 28.6 Å². The predicted molar refractivity (Wildman–Crippen MR) is 114 cm³/mol. The van der Waals surface area contributed by atoms with Crippen LogP contribution in [0.4, 0.5) is 4.39 Å². The van der Waals surface area contributed by atoms with Crippen LogP contribution in [0.3, 0.4) is 0 Å². The summed E-state index contributed by atoms with van der Waals surface area (Å²) >= 11 is 0. The molecule has 32 heavy (non-hydrogen) atoms. The van der Waals surface area contributed by atoms with Gasteiger partial charge in [0.15, 0.2) is 0 Å². The van der Waals surface area contributed by atoms with E-state index in [-0.39, 0.29) is 56.3 Å². The molecular formula is C22H29FN4O5. The first-order valence-corrected chi connectivity index (χ1v) is 10.3. The number of hydrogen-bond acceptors (Lipinski definition) is 5. The van der Waals surface area contributed by atoms with Gasteiger partial charge in [-0.1, -0.05) is 18.2 Å². The van der Waals surface area contributed by atoms with Gasteiger partial charge in [-0.05, 0) is 31.9 Å². The molecule has 0 spiro atoms. The molecule has 10 heteroatoms. The number of amides is 2. The quantitative estimate of drug-likeness (QED) is 0.498. The van der Waals surface area contributed by atoms with Crippen molar-refractivity contribution in [2.24, 2.45) is 5.41 Å². The maximum Gasteiger partial charge on any atom is 0.290 e. The number of aromatic nitrogens is 2. The number of benzene rings is 1. The minimum Gasteiger partial charge on any atom is -0.483 e. The number of nitrogens with zero attached hydrogens (tertiary/aromatic N) is 2. The third-order valence-electron chi connectivity index (χ3n) is 5.08. The van der Waals surface area contributed by atoms with Gasteiger partial charge in [0.25, 0.3) is 6.47 Å². The number of carbonyl (C=O) groups is 3. The summed E-state index contributed by atoms with van der Waals surface area (Å²) in [4.78, 5) is 42.2. The van der Waals surface area contributed by atoms with Gasteiger partial charge in [0, 0.05) is 37.9 Å². The van der Waals surface area contributed by atoms with Gasteiger partial charge in [-0.3, -0.25) is 14.4 Å². The largest absolute Gasteiger partial charge is 0.483 e. The monoisotopic (exact) mass is 448 g/mol. The highest BCUT2D eigenvalue weighted by Crippen LogP contribution is 2.35. The highest BCUT2D eigenvalue weighted by molar-refractivity contribution is 5.88. The molecule has 0 radical (unpaired) electrons. The zero-order chi connectivity index (χ0) is 23.6. The van der Waals surface area contributed by atoms with Crippen LogP contribution in [0.15, 0.2) is 36.8 Å². The Hall–Kier alpha value is -3.27. The smallest absolute Gasteiger partial charge is 0.290 e.